The molecular weight excluding hydrogens is 244 g/mol. The fourth-order valence-corrected chi connectivity index (χ4v) is 1.42. The predicted octanol–water partition coefficient (Wildman–Crippen LogP) is 2.78. The first-order valence-electron chi connectivity index (χ1n) is 6.20. The second-order valence-corrected chi connectivity index (χ2v) is 5.07. The number of carbonyl (C=O) groups is 2. The molecule has 0 aliphatic rings. The van der Waals surface area contributed by atoms with Crippen LogP contribution in [-0.2, 0) is 4.74 Å². The molecule has 0 atom stereocenters. The van der Waals surface area contributed by atoms with Crippen LogP contribution in [0.5, 0.6) is 0 Å². The van der Waals surface area contributed by atoms with Crippen molar-refractivity contribution in [3.63, 3.8) is 0 Å². The molecule has 0 heterocycles. The average molecular weight is 264 g/mol. The Bertz CT molecular complexity index is 464. The highest BCUT2D eigenvalue weighted by Gasteiger charge is 2.16. The molecule has 2 N–H and O–H groups in total. The van der Waals surface area contributed by atoms with Gasteiger partial charge in [0, 0.05) is 17.8 Å². The van der Waals surface area contributed by atoms with E-state index in [0.717, 1.165) is 0 Å². The van der Waals surface area contributed by atoms with Gasteiger partial charge in [0.05, 0.1) is 0 Å². The smallest absolute Gasteiger partial charge is 0.412 e. The fraction of sp³-hybridized carbons (Fsp3) is 0.429. The van der Waals surface area contributed by atoms with Crippen molar-refractivity contribution in [3.05, 3.63) is 29.8 Å². The predicted molar refractivity (Wildman–Crippen MR) is 74.3 cm³/mol. The van der Waals surface area contributed by atoms with Gasteiger partial charge in [-0.1, -0.05) is 6.07 Å². The third kappa shape index (κ3) is 5.42. The van der Waals surface area contributed by atoms with Crippen molar-refractivity contribution in [2.24, 2.45) is 0 Å². The van der Waals surface area contributed by atoms with E-state index in [1.165, 1.54) is 0 Å². The Morgan fingerprint density at radius 2 is 1.95 bits per heavy atom. The molecule has 0 fully saturated rings. The second-order valence-electron chi connectivity index (χ2n) is 5.07. The van der Waals surface area contributed by atoms with E-state index in [0.29, 0.717) is 17.8 Å². The fourth-order valence-electron chi connectivity index (χ4n) is 1.42. The van der Waals surface area contributed by atoms with Crippen LogP contribution in [0.1, 0.15) is 38.1 Å². The minimum Gasteiger partial charge on any atom is -0.444 e. The summed E-state index contributed by atoms with van der Waals surface area (Å²) in [5, 5.41) is 5.29. The molecule has 0 saturated heterocycles. The molecule has 1 rings (SSSR count). The molecule has 0 bridgehead atoms. The molecule has 5 nitrogen and oxygen atoms in total. The van der Waals surface area contributed by atoms with Crippen molar-refractivity contribution >= 4 is 17.7 Å². The Labute approximate surface area is 113 Å². The van der Waals surface area contributed by atoms with Crippen molar-refractivity contribution in [1.82, 2.24) is 5.32 Å². The summed E-state index contributed by atoms with van der Waals surface area (Å²) in [6, 6.07) is 6.70. The minimum absolute atomic E-state index is 0.171. The van der Waals surface area contributed by atoms with Crippen LogP contribution in [0.15, 0.2) is 24.3 Å². The molecule has 19 heavy (non-hydrogen) atoms. The number of amides is 2. The Balaban J connectivity index is 2.72. The molecule has 0 spiro atoms. The lowest BCUT2D eigenvalue weighted by Gasteiger charge is -2.19. The molecule has 2 amide bonds. The van der Waals surface area contributed by atoms with Crippen molar-refractivity contribution in [3.8, 4) is 0 Å². The lowest BCUT2D eigenvalue weighted by atomic mass is 10.2. The van der Waals surface area contributed by atoms with Gasteiger partial charge in [-0.15, -0.1) is 0 Å². The number of anilines is 1. The van der Waals surface area contributed by atoms with Gasteiger partial charge in [-0.05, 0) is 45.9 Å². The Kier molecular flexibility index (Phi) is 4.92. The number of hydrogen-bond donors (Lipinski definition) is 2. The molecule has 1 aromatic carbocycles. The maximum atomic E-state index is 11.7. The summed E-state index contributed by atoms with van der Waals surface area (Å²) in [5.74, 6) is -0.171. The van der Waals surface area contributed by atoms with Crippen molar-refractivity contribution < 1.29 is 14.3 Å². The maximum Gasteiger partial charge on any atom is 0.412 e. The Morgan fingerprint density at radius 1 is 1.26 bits per heavy atom. The normalized spacial score (nSPS) is 10.7. The summed E-state index contributed by atoms with van der Waals surface area (Å²) in [6.45, 7) is 7.77. The zero-order valence-electron chi connectivity index (χ0n) is 11.7. The van der Waals surface area contributed by atoms with Crippen LogP contribution in [0.2, 0.25) is 0 Å². The molecule has 5 heteroatoms. The number of carbonyl (C=O) groups excluding carboxylic acids is 2. The van der Waals surface area contributed by atoms with Gasteiger partial charge < -0.3 is 10.1 Å². The van der Waals surface area contributed by atoms with Gasteiger partial charge in [-0.3, -0.25) is 10.1 Å². The first-order valence-corrected chi connectivity index (χ1v) is 6.20. The number of ether oxygens (including phenoxy) is 1. The van der Waals surface area contributed by atoms with Crippen LogP contribution in [0, 0.1) is 0 Å². The second kappa shape index (κ2) is 6.22. The molecule has 0 aromatic heterocycles. The first kappa shape index (κ1) is 15.0. The van der Waals surface area contributed by atoms with Gasteiger partial charge in [-0.2, -0.15) is 0 Å². The minimum atomic E-state index is -0.554. The van der Waals surface area contributed by atoms with E-state index in [1.54, 1.807) is 45.0 Å². The summed E-state index contributed by atoms with van der Waals surface area (Å²) >= 11 is 0. The Hall–Kier alpha value is -2.04. The molecule has 0 radical (unpaired) electrons. The summed E-state index contributed by atoms with van der Waals surface area (Å²) in [7, 11) is 0. The molecular formula is C14H20N2O3. The van der Waals surface area contributed by atoms with Gasteiger partial charge in [0.1, 0.15) is 5.60 Å². The summed E-state index contributed by atoms with van der Waals surface area (Å²) in [4.78, 5) is 23.3. The number of nitrogens with one attached hydrogen (secondary N) is 2. The van der Waals surface area contributed by atoms with Crippen LogP contribution in [0.4, 0.5) is 10.5 Å². The third-order valence-electron chi connectivity index (χ3n) is 2.11. The van der Waals surface area contributed by atoms with Crippen LogP contribution in [-0.4, -0.2) is 24.1 Å². The van der Waals surface area contributed by atoms with Crippen LogP contribution in [0.3, 0.4) is 0 Å². The zero-order chi connectivity index (χ0) is 14.5. The standard InChI is InChI=1S/C14H20N2O3/c1-5-15-12(17)10-7-6-8-11(9-10)16-13(18)19-14(2,3)4/h6-9H,5H2,1-4H3,(H,15,17)(H,16,18). The van der Waals surface area contributed by atoms with Gasteiger partial charge in [0.25, 0.3) is 5.91 Å². The van der Waals surface area contributed by atoms with E-state index in [2.05, 4.69) is 10.6 Å². The topological polar surface area (TPSA) is 67.4 Å². The van der Waals surface area contributed by atoms with Gasteiger partial charge >= 0.3 is 6.09 Å². The molecule has 0 saturated carbocycles. The van der Waals surface area contributed by atoms with Gasteiger partial charge in [-0.25, -0.2) is 4.79 Å². The molecule has 0 aliphatic carbocycles. The monoisotopic (exact) mass is 264 g/mol. The highest BCUT2D eigenvalue weighted by Crippen LogP contribution is 2.13. The number of benzene rings is 1. The molecule has 0 unspecified atom stereocenters. The summed E-state index contributed by atoms with van der Waals surface area (Å²) < 4.78 is 5.14. The van der Waals surface area contributed by atoms with Crippen LogP contribution in [0.25, 0.3) is 0 Å². The zero-order valence-corrected chi connectivity index (χ0v) is 11.7. The average Bonchev–Trinajstić information content (AvgIpc) is 2.27. The lowest BCUT2D eigenvalue weighted by Crippen LogP contribution is -2.27. The van der Waals surface area contributed by atoms with E-state index >= 15 is 0 Å². The Morgan fingerprint density at radius 3 is 2.53 bits per heavy atom. The van der Waals surface area contributed by atoms with Gasteiger partial charge in [0.15, 0.2) is 0 Å². The van der Waals surface area contributed by atoms with E-state index in [4.69, 9.17) is 4.74 Å². The molecule has 104 valence electrons. The first-order chi connectivity index (χ1) is 8.81. The largest absolute Gasteiger partial charge is 0.444 e. The summed E-state index contributed by atoms with van der Waals surface area (Å²) in [6.07, 6.45) is -0.541. The third-order valence-corrected chi connectivity index (χ3v) is 2.11. The quantitative estimate of drug-likeness (QED) is 0.882. The SMILES string of the molecule is CCNC(=O)c1cccc(NC(=O)OC(C)(C)C)c1. The van der Waals surface area contributed by atoms with Crippen LogP contribution < -0.4 is 10.6 Å². The maximum absolute atomic E-state index is 11.7. The van der Waals surface area contributed by atoms with Gasteiger partial charge in [0.2, 0.25) is 0 Å². The lowest BCUT2D eigenvalue weighted by molar-refractivity contribution is 0.0635. The van der Waals surface area contributed by atoms with Crippen molar-refractivity contribution in [2.45, 2.75) is 33.3 Å². The molecule has 1 aromatic rings. The highest BCUT2D eigenvalue weighted by molar-refractivity contribution is 5.96. The van der Waals surface area contributed by atoms with Crippen LogP contribution >= 0.6 is 0 Å². The van der Waals surface area contributed by atoms with E-state index in [1.807, 2.05) is 6.92 Å². The van der Waals surface area contributed by atoms with Crippen molar-refractivity contribution in [2.75, 3.05) is 11.9 Å². The summed E-state index contributed by atoms with van der Waals surface area (Å²) in [5.41, 5.74) is 0.467. The van der Waals surface area contributed by atoms with E-state index in [9.17, 15) is 9.59 Å². The van der Waals surface area contributed by atoms with E-state index in [-0.39, 0.29) is 5.91 Å². The number of rotatable bonds is 3. The highest BCUT2D eigenvalue weighted by atomic mass is 16.6. The van der Waals surface area contributed by atoms with E-state index < -0.39 is 11.7 Å². The van der Waals surface area contributed by atoms with Crippen molar-refractivity contribution in [1.29, 1.82) is 0 Å². The number of hydrogen-bond acceptors (Lipinski definition) is 3. The molecule has 0 aliphatic heterocycles.